The van der Waals surface area contributed by atoms with Gasteiger partial charge >= 0.3 is 12.3 Å². The molecule has 0 saturated heterocycles. The minimum Gasteiger partial charge on any atom is -0.450 e. The van der Waals surface area contributed by atoms with Crippen molar-refractivity contribution < 1.29 is 37.7 Å². The maximum Gasteiger partial charge on any atom is 0.416 e. The first-order valence-corrected chi connectivity index (χ1v) is 16.6. The van der Waals surface area contributed by atoms with E-state index in [0.717, 1.165) is 18.6 Å². The van der Waals surface area contributed by atoms with Crippen LogP contribution in [0.4, 0.5) is 18.0 Å². The van der Waals surface area contributed by atoms with Crippen LogP contribution in [0.2, 0.25) is 0 Å². The highest BCUT2D eigenvalue weighted by Crippen LogP contribution is 2.78. The Bertz CT molecular complexity index is 1440. The molecule has 1 amide bonds. The van der Waals surface area contributed by atoms with Gasteiger partial charge in [0.15, 0.2) is 5.78 Å². The molecule has 2 spiro atoms. The summed E-state index contributed by atoms with van der Waals surface area (Å²) in [6, 6.07) is 4.67. The van der Waals surface area contributed by atoms with Crippen LogP contribution in [-0.2, 0) is 10.9 Å². The zero-order valence-corrected chi connectivity index (χ0v) is 26.8. The van der Waals surface area contributed by atoms with E-state index < -0.39 is 51.6 Å². The standard InChI is InChI=1S/C36H46F3NO5/c1-5-18-40(30(43)45-6-2)22-34(44)15-12-28-32(34,4)14-11-27-31(3)13-10-25(41)20-33(31)16-17-35(27,28)26(21-33)29(42)23-8-7-9-24(19-23)36(37,38)39/h7-9,16-17,19,21,25,27-28,41,44H,5-6,10-15,18,20,22H2,1-4H3. The van der Waals surface area contributed by atoms with E-state index in [-0.39, 0.29) is 36.0 Å². The number of ketones is 1. The summed E-state index contributed by atoms with van der Waals surface area (Å²) in [7, 11) is 0. The van der Waals surface area contributed by atoms with E-state index in [1.54, 1.807) is 11.8 Å². The number of aliphatic hydroxyl groups excluding tert-OH is 1. The number of fused-ring (bicyclic) bond motifs is 1. The molecule has 6 nitrogen and oxygen atoms in total. The predicted octanol–water partition coefficient (Wildman–Crippen LogP) is 7.35. The van der Waals surface area contributed by atoms with E-state index in [1.807, 2.05) is 13.0 Å². The fraction of sp³-hybridized carbons (Fsp3) is 0.667. The van der Waals surface area contributed by atoms with E-state index in [0.29, 0.717) is 57.1 Å². The summed E-state index contributed by atoms with van der Waals surface area (Å²) in [5.41, 5.74) is -3.95. The monoisotopic (exact) mass is 629 g/mol. The second-order valence-electron chi connectivity index (χ2n) is 14.8. The third-order valence-electron chi connectivity index (χ3n) is 12.9. The average Bonchev–Trinajstić information content (AvgIpc) is 3.26. The van der Waals surface area contributed by atoms with E-state index in [1.165, 1.54) is 12.1 Å². The number of aliphatic hydroxyl groups is 2. The number of benzene rings is 1. The second-order valence-corrected chi connectivity index (χ2v) is 14.8. The molecule has 1 aromatic rings. The lowest BCUT2D eigenvalue weighted by Crippen LogP contribution is -2.67. The van der Waals surface area contributed by atoms with Crippen LogP contribution in [-0.4, -0.2) is 58.4 Å². The zero-order valence-electron chi connectivity index (χ0n) is 26.8. The summed E-state index contributed by atoms with van der Waals surface area (Å²) in [5, 5.41) is 23.4. The van der Waals surface area contributed by atoms with Gasteiger partial charge in [-0.3, -0.25) is 4.79 Å². The number of amides is 1. The van der Waals surface area contributed by atoms with Gasteiger partial charge in [-0.05, 0) is 87.7 Å². The Kier molecular flexibility index (Phi) is 7.67. The zero-order chi connectivity index (χ0) is 32.6. The quantitative estimate of drug-likeness (QED) is 0.243. The largest absolute Gasteiger partial charge is 0.450 e. The third-order valence-corrected chi connectivity index (χ3v) is 12.9. The van der Waals surface area contributed by atoms with Crippen LogP contribution in [0.5, 0.6) is 0 Å². The summed E-state index contributed by atoms with van der Waals surface area (Å²) >= 11 is 0. The van der Waals surface area contributed by atoms with E-state index >= 15 is 0 Å². The number of carbonyl (C=O) groups is 2. The maximum absolute atomic E-state index is 14.6. The topological polar surface area (TPSA) is 87.1 Å². The van der Waals surface area contributed by atoms with Crippen LogP contribution in [0.25, 0.3) is 0 Å². The van der Waals surface area contributed by atoms with Crippen molar-refractivity contribution >= 4 is 11.9 Å². The number of nitrogens with zero attached hydrogens (tertiary/aromatic N) is 1. The highest BCUT2D eigenvalue weighted by atomic mass is 19.4. The third kappa shape index (κ3) is 4.49. The molecular weight excluding hydrogens is 583 g/mol. The number of ether oxygens (including phenoxy) is 1. The van der Waals surface area contributed by atoms with Crippen LogP contribution >= 0.6 is 0 Å². The smallest absolute Gasteiger partial charge is 0.416 e. The average molecular weight is 630 g/mol. The SMILES string of the molecule is CCCN(CC1(O)CCC2C34C=CC5(C=C3C(=O)c3cccc(C(F)(F)F)c3)CC(O)CCC5(C)C4CCC21C)C(=O)OCC. The van der Waals surface area contributed by atoms with Crippen molar-refractivity contribution in [1.82, 2.24) is 4.90 Å². The van der Waals surface area contributed by atoms with Crippen LogP contribution < -0.4 is 0 Å². The van der Waals surface area contributed by atoms with Crippen LogP contribution in [0.1, 0.15) is 95.0 Å². The van der Waals surface area contributed by atoms with Crippen molar-refractivity contribution in [2.24, 2.45) is 33.5 Å². The molecule has 3 saturated carbocycles. The van der Waals surface area contributed by atoms with E-state index in [9.17, 15) is 33.0 Å². The molecule has 6 aliphatic carbocycles. The number of alkyl halides is 3. The van der Waals surface area contributed by atoms with Crippen molar-refractivity contribution in [3.63, 3.8) is 0 Å². The molecule has 8 atom stereocenters. The summed E-state index contributed by atoms with van der Waals surface area (Å²) in [5.74, 6) is -0.594. The van der Waals surface area contributed by atoms with Crippen molar-refractivity contribution in [2.45, 2.75) is 96.9 Å². The minimum atomic E-state index is -4.59. The summed E-state index contributed by atoms with van der Waals surface area (Å²) in [6.45, 7) is 8.85. The lowest BCUT2D eigenvalue weighted by molar-refractivity contribution is -0.175. The van der Waals surface area contributed by atoms with Crippen molar-refractivity contribution in [2.75, 3.05) is 19.7 Å². The number of hydrogen-bond acceptors (Lipinski definition) is 5. The summed E-state index contributed by atoms with van der Waals surface area (Å²) < 4.78 is 46.6. The number of hydrogen-bond donors (Lipinski definition) is 2. The van der Waals surface area contributed by atoms with E-state index in [2.05, 4.69) is 26.0 Å². The molecule has 0 aliphatic heterocycles. The first-order valence-electron chi connectivity index (χ1n) is 16.6. The molecular formula is C36H46F3NO5. The minimum absolute atomic E-state index is 0.00317. The highest BCUT2D eigenvalue weighted by molar-refractivity contribution is 6.10. The molecule has 2 bridgehead atoms. The van der Waals surface area contributed by atoms with Crippen LogP contribution in [0.3, 0.4) is 0 Å². The molecule has 2 N–H and O–H groups in total. The number of rotatable bonds is 7. The number of halogens is 3. The Morgan fingerprint density at radius 1 is 1.02 bits per heavy atom. The van der Waals surface area contributed by atoms with Gasteiger partial charge in [-0.1, -0.05) is 51.1 Å². The Labute approximate surface area is 263 Å². The van der Waals surface area contributed by atoms with Gasteiger partial charge in [0.05, 0.1) is 30.4 Å². The molecule has 0 aromatic heterocycles. The van der Waals surface area contributed by atoms with E-state index in [4.69, 9.17) is 4.74 Å². The first-order chi connectivity index (χ1) is 21.1. The molecule has 1 aromatic carbocycles. The number of Topliss-reactive ketones (excluding diaryl/α,β-unsaturated/α-hetero) is 1. The van der Waals surface area contributed by atoms with Gasteiger partial charge in [-0.2, -0.15) is 13.2 Å². The maximum atomic E-state index is 14.6. The molecule has 9 heteroatoms. The van der Waals surface area contributed by atoms with Gasteiger partial charge in [-0.15, -0.1) is 0 Å². The first kappa shape index (κ1) is 32.3. The van der Waals surface area contributed by atoms with Crippen LogP contribution in [0.15, 0.2) is 48.1 Å². The lowest BCUT2D eigenvalue weighted by atomic mass is 9.32. The van der Waals surface area contributed by atoms with Gasteiger partial charge in [0.25, 0.3) is 0 Å². The molecule has 6 aliphatic rings. The predicted molar refractivity (Wildman–Crippen MR) is 163 cm³/mol. The van der Waals surface area contributed by atoms with Crippen molar-refractivity contribution in [1.29, 1.82) is 0 Å². The molecule has 8 unspecified atom stereocenters. The highest BCUT2D eigenvalue weighted by Gasteiger charge is 2.74. The number of allylic oxidation sites excluding steroid dienone is 4. The van der Waals surface area contributed by atoms with Gasteiger partial charge in [0, 0.05) is 33.9 Å². The number of carbonyl (C=O) groups excluding carboxylic acids is 2. The molecule has 7 rings (SSSR count). The molecule has 0 heterocycles. The molecule has 45 heavy (non-hydrogen) atoms. The van der Waals surface area contributed by atoms with Crippen molar-refractivity contribution in [3.05, 3.63) is 59.2 Å². The van der Waals surface area contributed by atoms with Crippen LogP contribution in [0, 0.1) is 33.5 Å². The second kappa shape index (κ2) is 10.7. The van der Waals surface area contributed by atoms with Gasteiger partial charge in [0.1, 0.15) is 0 Å². The van der Waals surface area contributed by atoms with Crippen molar-refractivity contribution in [3.8, 4) is 0 Å². The Morgan fingerprint density at radius 2 is 1.71 bits per heavy atom. The lowest BCUT2D eigenvalue weighted by Gasteiger charge is -2.71. The van der Waals surface area contributed by atoms with Gasteiger partial charge in [-0.25, -0.2) is 4.79 Å². The molecule has 3 fully saturated rings. The summed E-state index contributed by atoms with van der Waals surface area (Å²) in [4.78, 5) is 29.1. The molecule has 0 radical (unpaired) electrons. The summed E-state index contributed by atoms with van der Waals surface area (Å²) in [6.07, 6.45) is 5.76. The Balaban J connectivity index is 1.48. The Hall–Kier alpha value is -2.65. The van der Waals surface area contributed by atoms with Gasteiger partial charge in [0.2, 0.25) is 0 Å². The fourth-order valence-electron chi connectivity index (χ4n) is 10.6. The fourth-order valence-corrected chi connectivity index (χ4v) is 10.6. The van der Waals surface area contributed by atoms with Gasteiger partial charge < -0.3 is 19.8 Å². The Morgan fingerprint density at radius 3 is 2.40 bits per heavy atom. The molecule has 246 valence electrons. The normalized spacial score (nSPS) is 39.8.